The molecule has 1 aromatic rings. The molecule has 0 unspecified atom stereocenters. The summed E-state index contributed by atoms with van der Waals surface area (Å²) >= 11 is 0. The molecule has 0 spiro atoms. The quantitative estimate of drug-likeness (QED) is 0.667. The Morgan fingerprint density at radius 1 is 1.38 bits per heavy atom. The highest BCUT2D eigenvalue weighted by molar-refractivity contribution is 5.22. The minimum Gasteiger partial charge on any atom is -0.490 e. The molecule has 0 N–H and O–H groups in total. The van der Waals surface area contributed by atoms with Crippen LogP contribution in [-0.2, 0) is 0 Å². The lowest BCUT2D eigenvalue weighted by atomic mass is 10.3. The summed E-state index contributed by atoms with van der Waals surface area (Å²) in [5, 5.41) is 0. The van der Waals surface area contributed by atoms with Gasteiger partial charge in [0.15, 0.2) is 5.75 Å². The minimum atomic E-state index is 0.754. The van der Waals surface area contributed by atoms with Crippen LogP contribution >= 0.6 is 0 Å². The molecule has 1 aromatic heterocycles. The number of hydrogen-bond acceptors (Lipinski definition) is 3. The molecule has 0 aliphatic rings. The largest absolute Gasteiger partial charge is 0.490 e. The van der Waals surface area contributed by atoms with Crippen molar-refractivity contribution in [2.75, 3.05) is 6.61 Å². The van der Waals surface area contributed by atoms with Gasteiger partial charge in [-0.3, -0.25) is 0 Å². The van der Waals surface area contributed by atoms with E-state index in [1.165, 1.54) is 0 Å². The first-order valence-electron chi connectivity index (χ1n) is 4.67. The Labute approximate surface area is 79.2 Å². The predicted octanol–water partition coefficient (Wildman–Crippen LogP) is 2.27. The second kappa shape index (κ2) is 4.80. The second-order valence-corrected chi connectivity index (χ2v) is 3.07. The summed E-state index contributed by atoms with van der Waals surface area (Å²) in [6, 6.07) is 0. The molecule has 0 aliphatic heterocycles. The zero-order chi connectivity index (χ0) is 9.68. The fourth-order valence-corrected chi connectivity index (χ4v) is 1.04. The maximum absolute atomic E-state index is 5.51. The Balaban J connectivity index is 2.56. The number of aryl methyl sites for hydroxylation is 2. The average Bonchev–Trinajstić information content (AvgIpc) is 2.09. The molecule has 3 nitrogen and oxygen atoms in total. The Morgan fingerprint density at radius 2 is 2.15 bits per heavy atom. The van der Waals surface area contributed by atoms with Crippen molar-refractivity contribution in [3.8, 4) is 5.75 Å². The van der Waals surface area contributed by atoms with Crippen molar-refractivity contribution >= 4 is 0 Å². The zero-order valence-corrected chi connectivity index (χ0v) is 8.50. The van der Waals surface area contributed by atoms with Crippen LogP contribution in [0.4, 0.5) is 0 Å². The van der Waals surface area contributed by atoms with E-state index in [4.69, 9.17) is 4.74 Å². The SMILES string of the molecule is CCCCOc1cnc(C)nc1C. The number of unbranched alkanes of at least 4 members (excludes halogenated alkanes) is 1. The molecule has 0 bridgehead atoms. The van der Waals surface area contributed by atoms with E-state index in [0.29, 0.717) is 0 Å². The van der Waals surface area contributed by atoms with Gasteiger partial charge >= 0.3 is 0 Å². The first kappa shape index (κ1) is 9.96. The Hall–Kier alpha value is -1.12. The lowest BCUT2D eigenvalue weighted by Gasteiger charge is -2.07. The van der Waals surface area contributed by atoms with E-state index >= 15 is 0 Å². The van der Waals surface area contributed by atoms with Gasteiger partial charge in [-0.05, 0) is 20.3 Å². The fraction of sp³-hybridized carbons (Fsp3) is 0.600. The average molecular weight is 180 g/mol. The lowest BCUT2D eigenvalue weighted by Crippen LogP contribution is -2.01. The molecule has 0 atom stereocenters. The summed E-state index contributed by atoms with van der Waals surface area (Å²) in [5.74, 6) is 1.60. The van der Waals surface area contributed by atoms with Crippen LogP contribution in [0.2, 0.25) is 0 Å². The van der Waals surface area contributed by atoms with E-state index < -0.39 is 0 Å². The number of nitrogens with zero attached hydrogens (tertiary/aromatic N) is 2. The van der Waals surface area contributed by atoms with E-state index in [2.05, 4.69) is 16.9 Å². The van der Waals surface area contributed by atoms with Gasteiger partial charge in [0.1, 0.15) is 5.82 Å². The number of ether oxygens (including phenoxy) is 1. The van der Waals surface area contributed by atoms with Crippen LogP contribution in [0, 0.1) is 13.8 Å². The summed E-state index contributed by atoms with van der Waals surface area (Å²) in [7, 11) is 0. The van der Waals surface area contributed by atoms with Crippen molar-refractivity contribution in [1.82, 2.24) is 9.97 Å². The number of rotatable bonds is 4. The molecule has 0 aromatic carbocycles. The molecule has 0 saturated heterocycles. The highest BCUT2D eigenvalue weighted by atomic mass is 16.5. The van der Waals surface area contributed by atoms with Gasteiger partial charge in [-0.2, -0.15) is 0 Å². The van der Waals surface area contributed by atoms with E-state index in [-0.39, 0.29) is 0 Å². The van der Waals surface area contributed by atoms with Gasteiger partial charge in [-0.1, -0.05) is 13.3 Å². The van der Waals surface area contributed by atoms with Gasteiger partial charge in [0, 0.05) is 0 Å². The maximum Gasteiger partial charge on any atom is 0.158 e. The standard InChI is InChI=1S/C10H16N2O/c1-4-5-6-13-10-7-11-9(3)12-8(10)2/h7H,4-6H2,1-3H3. The van der Waals surface area contributed by atoms with E-state index in [9.17, 15) is 0 Å². The van der Waals surface area contributed by atoms with Crippen LogP contribution < -0.4 is 4.74 Å². The monoisotopic (exact) mass is 180 g/mol. The van der Waals surface area contributed by atoms with Crippen molar-refractivity contribution in [1.29, 1.82) is 0 Å². The van der Waals surface area contributed by atoms with Gasteiger partial charge in [0.2, 0.25) is 0 Å². The number of hydrogen-bond donors (Lipinski definition) is 0. The van der Waals surface area contributed by atoms with Crippen LogP contribution in [0.3, 0.4) is 0 Å². The summed E-state index contributed by atoms with van der Waals surface area (Å²) in [5.41, 5.74) is 0.920. The molecule has 13 heavy (non-hydrogen) atoms. The van der Waals surface area contributed by atoms with E-state index in [1.807, 2.05) is 13.8 Å². The molecule has 0 amide bonds. The Morgan fingerprint density at radius 3 is 2.77 bits per heavy atom. The molecule has 0 radical (unpaired) electrons. The fourth-order valence-electron chi connectivity index (χ4n) is 1.04. The first-order valence-corrected chi connectivity index (χ1v) is 4.67. The third-order valence-corrected chi connectivity index (χ3v) is 1.81. The zero-order valence-electron chi connectivity index (χ0n) is 8.50. The van der Waals surface area contributed by atoms with Gasteiger partial charge in [0.25, 0.3) is 0 Å². The van der Waals surface area contributed by atoms with Crippen molar-refractivity contribution < 1.29 is 4.74 Å². The normalized spacial score (nSPS) is 10.1. The van der Waals surface area contributed by atoms with Crippen LogP contribution in [0.15, 0.2) is 6.20 Å². The number of aromatic nitrogens is 2. The summed E-state index contributed by atoms with van der Waals surface area (Å²) in [6.45, 7) is 6.71. The van der Waals surface area contributed by atoms with Crippen LogP contribution in [0.5, 0.6) is 5.75 Å². The second-order valence-electron chi connectivity index (χ2n) is 3.07. The molecular weight excluding hydrogens is 164 g/mol. The molecule has 1 heterocycles. The first-order chi connectivity index (χ1) is 6.24. The highest BCUT2D eigenvalue weighted by Crippen LogP contribution is 2.13. The lowest BCUT2D eigenvalue weighted by molar-refractivity contribution is 0.304. The summed E-state index contributed by atoms with van der Waals surface area (Å²) < 4.78 is 5.51. The molecule has 0 saturated carbocycles. The van der Waals surface area contributed by atoms with Gasteiger partial charge < -0.3 is 4.74 Å². The molecule has 0 fully saturated rings. The maximum atomic E-state index is 5.51. The van der Waals surface area contributed by atoms with Crippen LogP contribution in [-0.4, -0.2) is 16.6 Å². The van der Waals surface area contributed by atoms with Gasteiger partial charge in [0.05, 0.1) is 18.5 Å². The summed E-state index contributed by atoms with van der Waals surface area (Å²) in [6.07, 6.45) is 3.96. The predicted molar refractivity (Wildman–Crippen MR) is 51.9 cm³/mol. The molecule has 72 valence electrons. The van der Waals surface area contributed by atoms with Crippen molar-refractivity contribution in [3.63, 3.8) is 0 Å². The van der Waals surface area contributed by atoms with E-state index in [1.54, 1.807) is 6.20 Å². The van der Waals surface area contributed by atoms with Crippen molar-refractivity contribution in [3.05, 3.63) is 17.7 Å². The van der Waals surface area contributed by atoms with E-state index in [0.717, 1.165) is 36.7 Å². The van der Waals surface area contributed by atoms with Crippen LogP contribution in [0.25, 0.3) is 0 Å². The van der Waals surface area contributed by atoms with Crippen molar-refractivity contribution in [2.45, 2.75) is 33.6 Å². The summed E-state index contributed by atoms with van der Waals surface area (Å²) in [4.78, 5) is 8.30. The highest BCUT2D eigenvalue weighted by Gasteiger charge is 2.00. The minimum absolute atomic E-state index is 0.754. The molecular formula is C10H16N2O. The topological polar surface area (TPSA) is 35.0 Å². The molecule has 0 aliphatic carbocycles. The van der Waals surface area contributed by atoms with Gasteiger partial charge in [-0.25, -0.2) is 9.97 Å². The smallest absolute Gasteiger partial charge is 0.158 e. The molecule has 1 rings (SSSR count). The Bertz CT molecular complexity index is 274. The van der Waals surface area contributed by atoms with Crippen molar-refractivity contribution in [2.24, 2.45) is 0 Å². The third-order valence-electron chi connectivity index (χ3n) is 1.81. The third kappa shape index (κ3) is 3.01. The Kier molecular flexibility index (Phi) is 3.68. The van der Waals surface area contributed by atoms with Crippen LogP contribution in [0.1, 0.15) is 31.3 Å². The van der Waals surface area contributed by atoms with Gasteiger partial charge in [-0.15, -0.1) is 0 Å². The molecule has 3 heteroatoms.